The van der Waals surface area contributed by atoms with E-state index in [4.69, 9.17) is 0 Å². The zero-order valence-corrected chi connectivity index (χ0v) is 10.1. The molecule has 0 nitrogen and oxygen atoms in total. The second kappa shape index (κ2) is 5.41. The molecule has 0 spiro atoms. The van der Waals surface area contributed by atoms with Crippen LogP contribution in [0, 0.1) is 0 Å². The lowest BCUT2D eigenvalue weighted by Crippen LogP contribution is -1.96. The van der Waals surface area contributed by atoms with Crippen molar-refractivity contribution in [2.24, 2.45) is 0 Å². The van der Waals surface area contributed by atoms with Gasteiger partial charge in [0.25, 0.3) is 0 Å². The maximum absolute atomic E-state index is 2.27. The minimum atomic E-state index is 0. The van der Waals surface area contributed by atoms with Gasteiger partial charge in [-0.1, -0.05) is 54.9 Å². The fourth-order valence-corrected chi connectivity index (χ4v) is 2.66. The average molecular weight is 178 g/mol. The lowest BCUT2D eigenvalue weighted by atomic mass is 10.1. The zero-order valence-electron chi connectivity index (χ0n) is 8.09. The molecule has 66 valence electrons. The maximum Gasteiger partial charge on any atom is 0.216 e. The van der Waals surface area contributed by atoms with Gasteiger partial charge in [0.1, 0.15) is 0 Å². The van der Waals surface area contributed by atoms with Gasteiger partial charge in [-0.25, -0.2) is 0 Å². The first kappa shape index (κ1) is 9.84. The molecule has 0 aromatic heterocycles. The molecule has 0 saturated carbocycles. The topological polar surface area (TPSA) is 0 Å². The van der Waals surface area contributed by atoms with Crippen LogP contribution in [0.2, 0.25) is 4.78 Å². The highest BCUT2D eigenvalue weighted by Gasteiger charge is 2.01. The van der Waals surface area contributed by atoms with Crippen LogP contribution in [0.25, 0.3) is 0 Å². The molecule has 0 aliphatic heterocycles. The maximum atomic E-state index is 2.27. The smallest absolute Gasteiger partial charge is 0.0863 e. The highest BCUT2D eigenvalue weighted by molar-refractivity contribution is 6.11. The summed E-state index contributed by atoms with van der Waals surface area (Å²) in [6, 6.07) is 10.8. The minimum absolute atomic E-state index is 0. The van der Waals surface area contributed by atoms with Crippen LogP contribution in [-0.2, 0) is 6.42 Å². The molecule has 0 aliphatic rings. The van der Waals surface area contributed by atoms with Crippen molar-refractivity contribution in [3.8, 4) is 0 Å². The van der Waals surface area contributed by atoms with Crippen molar-refractivity contribution < 1.29 is 1.43 Å². The third kappa shape index (κ3) is 3.43. The molecule has 1 unspecified atom stereocenters. The van der Waals surface area contributed by atoms with Crippen molar-refractivity contribution >= 4 is 16.3 Å². The molecule has 1 heteroatoms. The quantitative estimate of drug-likeness (QED) is 0.622. The SMILES string of the molecule is CCC[CH]([AlH2])Cc1ccccc1.[HH]. The van der Waals surface area contributed by atoms with E-state index in [-0.39, 0.29) is 1.43 Å². The van der Waals surface area contributed by atoms with Crippen molar-refractivity contribution in [1.82, 2.24) is 0 Å². The van der Waals surface area contributed by atoms with Gasteiger partial charge in [-0.3, -0.25) is 0 Å². The molecule has 0 N–H and O–H groups in total. The number of hydrogen-bond donors (Lipinski definition) is 0. The minimum Gasteiger partial charge on any atom is -0.0863 e. The molecule has 1 aromatic rings. The molecule has 1 rings (SSSR count). The lowest BCUT2D eigenvalue weighted by molar-refractivity contribution is 0.715. The molecule has 1 aromatic carbocycles. The first-order valence-corrected chi connectivity index (χ1v) is 6.02. The van der Waals surface area contributed by atoms with Crippen LogP contribution in [0.3, 0.4) is 0 Å². The molecule has 0 fully saturated rings. The van der Waals surface area contributed by atoms with Gasteiger partial charge < -0.3 is 0 Å². The molecule has 12 heavy (non-hydrogen) atoms. The Balaban J connectivity index is 0.00000144. The Hall–Kier alpha value is -0.248. The fourth-order valence-electron chi connectivity index (χ4n) is 1.61. The van der Waals surface area contributed by atoms with Crippen molar-refractivity contribution in [3.63, 3.8) is 0 Å². The first-order valence-electron chi connectivity index (χ1n) is 4.87. The van der Waals surface area contributed by atoms with Gasteiger partial charge in [-0.2, -0.15) is 0 Å². The van der Waals surface area contributed by atoms with Gasteiger partial charge in [0, 0.05) is 1.43 Å². The molecule has 0 bridgehead atoms. The Labute approximate surface area is 84.9 Å². The van der Waals surface area contributed by atoms with E-state index in [1.165, 1.54) is 41.1 Å². The number of benzene rings is 1. The van der Waals surface area contributed by atoms with Crippen molar-refractivity contribution in [2.75, 3.05) is 0 Å². The van der Waals surface area contributed by atoms with E-state index in [0.717, 1.165) is 4.78 Å². The molecule has 0 amide bonds. The van der Waals surface area contributed by atoms with Gasteiger partial charge in [0.2, 0.25) is 16.3 Å². The number of rotatable bonds is 4. The van der Waals surface area contributed by atoms with Crippen LogP contribution in [0.5, 0.6) is 0 Å². The van der Waals surface area contributed by atoms with E-state index >= 15 is 0 Å². The summed E-state index contributed by atoms with van der Waals surface area (Å²) in [5.41, 5.74) is 1.51. The van der Waals surface area contributed by atoms with Crippen molar-refractivity contribution in [1.29, 1.82) is 0 Å². The highest BCUT2D eigenvalue weighted by Crippen LogP contribution is 2.15. The summed E-state index contributed by atoms with van der Waals surface area (Å²) < 4.78 is 0.970. The summed E-state index contributed by atoms with van der Waals surface area (Å²) in [5.74, 6) is 0. The Bertz CT molecular complexity index is 211. The monoisotopic (exact) mass is 178 g/mol. The van der Waals surface area contributed by atoms with E-state index < -0.39 is 0 Å². The summed E-state index contributed by atoms with van der Waals surface area (Å²) in [6.45, 7) is 2.27. The van der Waals surface area contributed by atoms with Crippen LogP contribution >= 0.6 is 0 Å². The zero-order chi connectivity index (χ0) is 8.81. The van der Waals surface area contributed by atoms with Gasteiger partial charge in [-0.05, 0) is 12.0 Å². The second-order valence-corrected chi connectivity index (χ2v) is 5.22. The van der Waals surface area contributed by atoms with Gasteiger partial charge in [0.15, 0.2) is 0 Å². The normalized spacial score (nSPS) is 12.8. The van der Waals surface area contributed by atoms with E-state index in [1.54, 1.807) is 0 Å². The Kier molecular flexibility index (Phi) is 4.43. The van der Waals surface area contributed by atoms with Gasteiger partial charge in [-0.15, -0.1) is 0 Å². The highest BCUT2D eigenvalue weighted by atomic mass is 27.0. The average Bonchev–Trinajstić information content (AvgIpc) is 2.06. The largest absolute Gasteiger partial charge is 0.216 e. The molecular formula is C11H19Al. The summed E-state index contributed by atoms with van der Waals surface area (Å²) in [6.07, 6.45) is 4.03. The summed E-state index contributed by atoms with van der Waals surface area (Å²) >= 11 is 1.33. The molecule has 0 saturated heterocycles. The molecule has 0 heterocycles. The van der Waals surface area contributed by atoms with E-state index in [1.807, 2.05) is 0 Å². The van der Waals surface area contributed by atoms with E-state index in [2.05, 4.69) is 37.3 Å². The van der Waals surface area contributed by atoms with E-state index in [9.17, 15) is 0 Å². The Morgan fingerprint density at radius 3 is 2.58 bits per heavy atom. The standard InChI is InChI=1S/C11H15.Al.H2.2H/c1-2-3-5-8-11-9-6-4-7-10-11;;;;/h4-7,9-10H,2-3,8H2,1H3;;1H;;. The fraction of sp³-hybridized carbons (Fsp3) is 0.455. The third-order valence-corrected chi connectivity index (χ3v) is 3.19. The molecular weight excluding hydrogens is 159 g/mol. The molecule has 0 radical (unpaired) electrons. The lowest BCUT2D eigenvalue weighted by Gasteiger charge is -2.09. The van der Waals surface area contributed by atoms with Crippen LogP contribution < -0.4 is 0 Å². The first-order chi connectivity index (χ1) is 5.83. The Morgan fingerprint density at radius 1 is 1.33 bits per heavy atom. The van der Waals surface area contributed by atoms with Crippen LogP contribution in [0.15, 0.2) is 30.3 Å². The third-order valence-electron chi connectivity index (χ3n) is 2.21. The Morgan fingerprint density at radius 2 is 2.00 bits per heavy atom. The predicted molar refractivity (Wildman–Crippen MR) is 59.5 cm³/mol. The van der Waals surface area contributed by atoms with E-state index in [0.29, 0.717) is 0 Å². The summed E-state index contributed by atoms with van der Waals surface area (Å²) in [4.78, 5) is 0. The van der Waals surface area contributed by atoms with Gasteiger partial charge in [0.05, 0.1) is 0 Å². The molecule has 0 aliphatic carbocycles. The van der Waals surface area contributed by atoms with Crippen LogP contribution in [-0.4, -0.2) is 16.3 Å². The summed E-state index contributed by atoms with van der Waals surface area (Å²) in [5, 5.41) is 0. The molecule has 1 atom stereocenters. The van der Waals surface area contributed by atoms with Crippen LogP contribution in [0.1, 0.15) is 26.8 Å². The second-order valence-electron chi connectivity index (χ2n) is 3.58. The van der Waals surface area contributed by atoms with Crippen molar-refractivity contribution in [3.05, 3.63) is 35.9 Å². The van der Waals surface area contributed by atoms with Crippen molar-refractivity contribution in [2.45, 2.75) is 31.0 Å². The van der Waals surface area contributed by atoms with Crippen LogP contribution in [0.4, 0.5) is 0 Å². The summed E-state index contributed by atoms with van der Waals surface area (Å²) in [7, 11) is 0. The predicted octanol–water partition coefficient (Wildman–Crippen LogP) is 2.70. The number of hydrogen-bond acceptors (Lipinski definition) is 0. The van der Waals surface area contributed by atoms with Gasteiger partial charge >= 0.3 is 0 Å².